The fraction of sp³-hybridized carbons (Fsp3) is 0.0909. The van der Waals surface area contributed by atoms with Crippen LogP contribution in [0.1, 0.15) is 12.5 Å². The van der Waals surface area contributed by atoms with Crippen molar-refractivity contribution in [2.45, 2.75) is 11.8 Å². The van der Waals surface area contributed by atoms with E-state index in [1.807, 2.05) is 0 Å². The molecule has 0 aromatic heterocycles. The SMILES string of the molecule is C/C(=N\NC(=O)CN(c1ccc(Cl)c(Cl)c1)S(=O)(=O)c1ccccc1)c1ccc(Cl)cc1. The lowest BCUT2D eigenvalue weighted by Crippen LogP contribution is -2.39. The van der Waals surface area contributed by atoms with Crippen molar-refractivity contribution in [3.63, 3.8) is 0 Å². The van der Waals surface area contributed by atoms with E-state index in [0.717, 1.165) is 9.87 Å². The van der Waals surface area contributed by atoms with Crippen LogP contribution in [0.3, 0.4) is 0 Å². The molecule has 0 radical (unpaired) electrons. The van der Waals surface area contributed by atoms with Gasteiger partial charge in [0.1, 0.15) is 6.54 Å². The van der Waals surface area contributed by atoms with Gasteiger partial charge in [-0.15, -0.1) is 0 Å². The summed E-state index contributed by atoms with van der Waals surface area (Å²) in [6.07, 6.45) is 0. The number of carbonyl (C=O) groups excluding carboxylic acids is 1. The average molecular weight is 511 g/mol. The molecule has 1 amide bonds. The highest BCUT2D eigenvalue weighted by Crippen LogP contribution is 2.30. The molecule has 0 atom stereocenters. The van der Waals surface area contributed by atoms with Crippen molar-refractivity contribution in [3.8, 4) is 0 Å². The van der Waals surface area contributed by atoms with Gasteiger partial charge in [0, 0.05) is 5.02 Å². The first kappa shape index (κ1) is 24.1. The minimum absolute atomic E-state index is 0.0275. The van der Waals surface area contributed by atoms with Gasteiger partial charge in [0.2, 0.25) is 0 Å². The van der Waals surface area contributed by atoms with Crippen LogP contribution < -0.4 is 9.73 Å². The van der Waals surface area contributed by atoms with Gasteiger partial charge in [0.15, 0.2) is 0 Å². The Balaban J connectivity index is 1.88. The number of nitrogens with zero attached hydrogens (tertiary/aromatic N) is 2. The van der Waals surface area contributed by atoms with Gasteiger partial charge in [-0.1, -0.05) is 65.1 Å². The Bertz CT molecular complexity index is 1250. The van der Waals surface area contributed by atoms with Crippen molar-refractivity contribution in [1.29, 1.82) is 0 Å². The number of rotatable bonds is 7. The van der Waals surface area contributed by atoms with Gasteiger partial charge in [-0.2, -0.15) is 5.10 Å². The molecule has 0 spiro atoms. The molecule has 0 fully saturated rings. The number of halogens is 3. The number of amides is 1. The van der Waals surface area contributed by atoms with Crippen LogP contribution in [0.2, 0.25) is 15.1 Å². The third kappa shape index (κ3) is 5.81. The molecule has 0 unspecified atom stereocenters. The first-order chi connectivity index (χ1) is 15.2. The summed E-state index contributed by atoms with van der Waals surface area (Å²) < 4.78 is 27.5. The number of sulfonamides is 1. The Hall–Kier alpha value is -2.58. The van der Waals surface area contributed by atoms with Gasteiger partial charge in [-0.3, -0.25) is 9.10 Å². The molecule has 0 heterocycles. The summed E-state index contributed by atoms with van der Waals surface area (Å²) in [6, 6.07) is 19.0. The van der Waals surface area contributed by atoms with E-state index in [4.69, 9.17) is 34.8 Å². The second-order valence-corrected chi connectivity index (χ2v) is 9.78. The normalized spacial score (nSPS) is 11.8. The number of hydrogen-bond donors (Lipinski definition) is 1. The Labute approximate surface area is 201 Å². The predicted molar refractivity (Wildman–Crippen MR) is 129 cm³/mol. The van der Waals surface area contributed by atoms with Crippen molar-refractivity contribution in [1.82, 2.24) is 5.43 Å². The van der Waals surface area contributed by atoms with Crippen molar-refractivity contribution in [3.05, 3.63) is 93.4 Å². The van der Waals surface area contributed by atoms with Crippen molar-refractivity contribution in [2.75, 3.05) is 10.8 Å². The van der Waals surface area contributed by atoms with E-state index in [0.29, 0.717) is 10.7 Å². The molecule has 0 aliphatic heterocycles. The molecule has 0 saturated heterocycles. The second-order valence-electron chi connectivity index (χ2n) is 6.66. The lowest BCUT2D eigenvalue weighted by atomic mass is 10.1. The molecule has 3 aromatic carbocycles. The van der Waals surface area contributed by atoms with Crippen LogP contribution in [-0.2, 0) is 14.8 Å². The molecule has 0 bridgehead atoms. The fourth-order valence-corrected chi connectivity index (χ4v) is 4.59. The first-order valence-electron chi connectivity index (χ1n) is 9.30. The van der Waals surface area contributed by atoms with Crippen LogP contribution in [0, 0.1) is 0 Å². The fourth-order valence-electron chi connectivity index (χ4n) is 2.74. The first-order valence-corrected chi connectivity index (χ1v) is 11.9. The minimum Gasteiger partial charge on any atom is -0.271 e. The number of anilines is 1. The standard InChI is InChI=1S/C22H18Cl3N3O3S/c1-15(16-7-9-17(23)10-8-16)26-27-22(29)14-28(18-11-12-20(24)21(25)13-18)32(30,31)19-5-3-2-4-6-19/h2-13H,14H2,1H3,(H,27,29)/b26-15+. The molecule has 0 saturated carbocycles. The average Bonchev–Trinajstić information content (AvgIpc) is 2.78. The summed E-state index contributed by atoms with van der Waals surface area (Å²) in [7, 11) is -4.07. The zero-order valence-corrected chi connectivity index (χ0v) is 19.9. The molecule has 1 N–H and O–H groups in total. The quantitative estimate of drug-likeness (QED) is 0.342. The summed E-state index contributed by atoms with van der Waals surface area (Å²) in [4.78, 5) is 12.7. The highest BCUT2D eigenvalue weighted by molar-refractivity contribution is 7.92. The predicted octanol–water partition coefficient (Wildman–Crippen LogP) is 5.38. The molecule has 10 heteroatoms. The molecule has 0 aliphatic rings. The maximum absolute atomic E-state index is 13.3. The van der Waals surface area contributed by atoms with Gasteiger partial charge in [0.05, 0.1) is 26.3 Å². The van der Waals surface area contributed by atoms with Crippen LogP contribution in [0.15, 0.2) is 82.8 Å². The number of benzene rings is 3. The van der Waals surface area contributed by atoms with Crippen molar-refractivity contribution in [2.24, 2.45) is 5.10 Å². The molecular weight excluding hydrogens is 493 g/mol. The van der Waals surface area contributed by atoms with Crippen LogP contribution in [0.4, 0.5) is 5.69 Å². The topological polar surface area (TPSA) is 78.8 Å². The largest absolute Gasteiger partial charge is 0.271 e. The number of hydrazone groups is 1. The Morgan fingerprint density at radius 1 is 0.938 bits per heavy atom. The molecule has 3 rings (SSSR count). The lowest BCUT2D eigenvalue weighted by molar-refractivity contribution is -0.119. The van der Waals surface area contributed by atoms with Gasteiger partial charge >= 0.3 is 0 Å². The van der Waals surface area contributed by atoms with E-state index in [-0.39, 0.29) is 20.6 Å². The van der Waals surface area contributed by atoms with E-state index >= 15 is 0 Å². The highest BCUT2D eigenvalue weighted by Gasteiger charge is 2.27. The lowest BCUT2D eigenvalue weighted by Gasteiger charge is -2.24. The van der Waals surface area contributed by atoms with Crippen molar-refractivity contribution >= 4 is 62.1 Å². The van der Waals surface area contributed by atoms with Gasteiger partial charge in [0.25, 0.3) is 15.9 Å². The van der Waals surface area contributed by atoms with Crippen molar-refractivity contribution < 1.29 is 13.2 Å². The Morgan fingerprint density at radius 3 is 2.22 bits per heavy atom. The monoisotopic (exact) mass is 509 g/mol. The summed E-state index contributed by atoms with van der Waals surface area (Å²) in [6.45, 7) is 1.19. The third-order valence-corrected chi connectivity index (χ3v) is 7.20. The van der Waals surface area contributed by atoms with Crippen LogP contribution >= 0.6 is 34.8 Å². The second kappa shape index (κ2) is 10.4. The van der Waals surface area contributed by atoms with E-state index < -0.39 is 22.5 Å². The highest BCUT2D eigenvalue weighted by atomic mass is 35.5. The molecule has 0 aliphatic carbocycles. The zero-order valence-electron chi connectivity index (χ0n) is 16.8. The van der Waals surface area contributed by atoms with Gasteiger partial charge in [-0.05, 0) is 55.0 Å². The summed E-state index contributed by atoms with van der Waals surface area (Å²) >= 11 is 17.9. The Kier molecular flexibility index (Phi) is 7.79. The zero-order chi connectivity index (χ0) is 23.3. The maximum Gasteiger partial charge on any atom is 0.264 e. The molecule has 32 heavy (non-hydrogen) atoms. The molecule has 166 valence electrons. The van der Waals surface area contributed by atoms with E-state index in [2.05, 4.69) is 10.5 Å². The van der Waals surface area contributed by atoms with E-state index in [1.165, 1.54) is 30.3 Å². The summed E-state index contributed by atoms with van der Waals surface area (Å²) in [5.74, 6) is -0.635. The van der Waals surface area contributed by atoms with Crippen LogP contribution in [-0.4, -0.2) is 26.6 Å². The smallest absolute Gasteiger partial charge is 0.264 e. The molecular formula is C22H18Cl3N3O3S. The third-order valence-electron chi connectivity index (χ3n) is 4.42. The van der Waals surface area contributed by atoms with Crippen LogP contribution in [0.25, 0.3) is 0 Å². The number of carbonyl (C=O) groups is 1. The minimum atomic E-state index is -4.07. The molecule has 3 aromatic rings. The van der Waals surface area contributed by atoms with Gasteiger partial charge < -0.3 is 0 Å². The van der Waals surface area contributed by atoms with E-state index in [9.17, 15) is 13.2 Å². The molecule has 6 nitrogen and oxygen atoms in total. The summed E-state index contributed by atoms with van der Waals surface area (Å²) in [5, 5.41) is 5.07. The summed E-state index contributed by atoms with van der Waals surface area (Å²) in [5.41, 5.74) is 3.87. The van der Waals surface area contributed by atoms with E-state index in [1.54, 1.807) is 49.4 Å². The Morgan fingerprint density at radius 2 is 1.59 bits per heavy atom. The van der Waals surface area contributed by atoms with Gasteiger partial charge in [-0.25, -0.2) is 13.8 Å². The van der Waals surface area contributed by atoms with Crippen LogP contribution in [0.5, 0.6) is 0 Å². The number of hydrogen-bond acceptors (Lipinski definition) is 4. The number of nitrogens with one attached hydrogen (secondary N) is 1. The maximum atomic E-state index is 13.3.